The molecule has 1 saturated heterocycles. The summed E-state index contributed by atoms with van der Waals surface area (Å²) in [4.78, 5) is 15.2. The van der Waals surface area contributed by atoms with E-state index in [0.29, 0.717) is 18.5 Å². The second kappa shape index (κ2) is 8.12. The SMILES string of the molecule is O=C(c1ccc(NCc2ccc(F)cc2)cc1)N1CCC[C@@H]2CCCC[C@@H]21. The molecule has 4 heteroatoms. The summed E-state index contributed by atoms with van der Waals surface area (Å²) in [7, 11) is 0. The second-order valence-corrected chi connectivity index (χ2v) is 7.81. The second-order valence-electron chi connectivity index (χ2n) is 7.81. The van der Waals surface area contributed by atoms with Crippen LogP contribution in [0, 0.1) is 11.7 Å². The summed E-state index contributed by atoms with van der Waals surface area (Å²) in [6.07, 6.45) is 7.41. The molecule has 0 bridgehead atoms. The van der Waals surface area contributed by atoms with Crippen molar-refractivity contribution in [1.29, 1.82) is 0 Å². The van der Waals surface area contributed by atoms with Gasteiger partial charge in [-0.1, -0.05) is 25.0 Å². The maximum atomic E-state index is 13.0. The summed E-state index contributed by atoms with van der Waals surface area (Å²) in [6.45, 7) is 1.52. The number of fused-ring (bicyclic) bond motifs is 1. The molecule has 2 aromatic rings. The first-order valence-electron chi connectivity index (χ1n) is 10.1. The minimum atomic E-state index is -0.223. The third kappa shape index (κ3) is 4.15. The number of nitrogens with zero attached hydrogens (tertiary/aromatic N) is 1. The molecular formula is C23H27FN2O. The number of hydrogen-bond donors (Lipinski definition) is 1. The molecule has 4 rings (SSSR count). The Morgan fingerprint density at radius 3 is 2.44 bits per heavy atom. The molecule has 1 saturated carbocycles. The number of benzene rings is 2. The van der Waals surface area contributed by atoms with E-state index in [0.717, 1.165) is 36.2 Å². The lowest BCUT2D eigenvalue weighted by Gasteiger charge is -2.44. The van der Waals surface area contributed by atoms with Crippen LogP contribution in [0.15, 0.2) is 48.5 Å². The van der Waals surface area contributed by atoms with E-state index in [1.54, 1.807) is 12.1 Å². The quantitative estimate of drug-likeness (QED) is 0.803. The van der Waals surface area contributed by atoms with Crippen molar-refractivity contribution in [3.63, 3.8) is 0 Å². The normalized spacial score (nSPS) is 22.2. The van der Waals surface area contributed by atoms with Crippen molar-refractivity contribution in [1.82, 2.24) is 4.90 Å². The molecule has 0 radical (unpaired) electrons. The van der Waals surface area contributed by atoms with Gasteiger partial charge in [0.05, 0.1) is 0 Å². The standard InChI is InChI=1S/C23H27FN2O/c24-20-11-7-17(8-12-20)16-25-21-13-9-19(10-14-21)23(27)26-15-3-5-18-4-1-2-6-22(18)26/h7-14,18,22,25H,1-6,15-16H2/t18-,22-/m0/s1. The van der Waals surface area contributed by atoms with Crippen molar-refractivity contribution in [3.8, 4) is 0 Å². The first-order valence-corrected chi connectivity index (χ1v) is 10.1. The van der Waals surface area contributed by atoms with Crippen molar-refractivity contribution >= 4 is 11.6 Å². The molecule has 3 nitrogen and oxygen atoms in total. The summed E-state index contributed by atoms with van der Waals surface area (Å²) in [6, 6.07) is 14.7. The van der Waals surface area contributed by atoms with Crippen molar-refractivity contribution in [2.24, 2.45) is 5.92 Å². The molecule has 1 aliphatic heterocycles. The number of halogens is 1. The minimum absolute atomic E-state index is 0.177. The predicted molar refractivity (Wildman–Crippen MR) is 106 cm³/mol. The maximum absolute atomic E-state index is 13.0. The molecule has 0 aromatic heterocycles. The van der Waals surface area contributed by atoms with Crippen LogP contribution in [-0.4, -0.2) is 23.4 Å². The van der Waals surface area contributed by atoms with E-state index in [4.69, 9.17) is 0 Å². The summed E-state index contributed by atoms with van der Waals surface area (Å²) in [5, 5.41) is 3.32. The van der Waals surface area contributed by atoms with E-state index in [9.17, 15) is 9.18 Å². The number of piperidine rings is 1. The molecule has 1 amide bonds. The molecule has 2 fully saturated rings. The van der Waals surface area contributed by atoms with E-state index in [2.05, 4.69) is 10.2 Å². The average Bonchev–Trinajstić information content (AvgIpc) is 2.73. The lowest BCUT2D eigenvalue weighted by atomic mass is 9.78. The van der Waals surface area contributed by atoms with Crippen molar-refractivity contribution < 1.29 is 9.18 Å². The third-order valence-corrected chi connectivity index (χ3v) is 6.05. The van der Waals surface area contributed by atoms with Gasteiger partial charge >= 0.3 is 0 Å². The Labute approximate surface area is 160 Å². The van der Waals surface area contributed by atoms with Gasteiger partial charge in [0.25, 0.3) is 5.91 Å². The van der Waals surface area contributed by atoms with Gasteiger partial charge in [0.15, 0.2) is 0 Å². The number of anilines is 1. The topological polar surface area (TPSA) is 32.3 Å². The van der Waals surface area contributed by atoms with E-state index >= 15 is 0 Å². The van der Waals surface area contributed by atoms with Crippen molar-refractivity contribution in [2.45, 2.75) is 51.1 Å². The minimum Gasteiger partial charge on any atom is -0.381 e. The van der Waals surface area contributed by atoms with Crippen LogP contribution in [0.5, 0.6) is 0 Å². The number of rotatable bonds is 4. The smallest absolute Gasteiger partial charge is 0.254 e. The molecule has 1 heterocycles. The monoisotopic (exact) mass is 366 g/mol. The van der Waals surface area contributed by atoms with Gasteiger partial charge in [0.2, 0.25) is 0 Å². The lowest BCUT2D eigenvalue weighted by Crippen LogP contribution is -2.49. The van der Waals surface area contributed by atoms with Crippen LogP contribution in [0.4, 0.5) is 10.1 Å². The highest BCUT2D eigenvalue weighted by molar-refractivity contribution is 5.94. The number of hydrogen-bond acceptors (Lipinski definition) is 2. The average molecular weight is 366 g/mol. The van der Waals surface area contributed by atoms with E-state index < -0.39 is 0 Å². The van der Waals surface area contributed by atoms with Gasteiger partial charge in [-0.2, -0.15) is 0 Å². The fraction of sp³-hybridized carbons (Fsp3) is 0.435. The van der Waals surface area contributed by atoms with E-state index in [1.807, 2.05) is 24.3 Å². The molecule has 2 atom stereocenters. The number of likely N-dealkylation sites (tertiary alicyclic amines) is 1. The van der Waals surface area contributed by atoms with Gasteiger partial charge in [-0.15, -0.1) is 0 Å². The number of carbonyl (C=O) groups is 1. The highest BCUT2D eigenvalue weighted by atomic mass is 19.1. The van der Waals surface area contributed by atoms with Crippen LogP contribution in [0.1, 0.15) is 54.4 Å². The van der Waals surface area contributed by atoms with Crippen LogP contribution in [0.25, 0.3) is 0 Å². The summed E-state index contributed by atoms with van der Waals surface area (Å²) < 4.78 is 13.0. The highest BCUT2D eigenvalue weighted by Gasteiger charge is 2.35. The number of carbonyl (C=O) groups excluding carboxylic acids is 1. The summed E-state index contributed by atoms with van der Waals surface area (Å²) in [5.74, 6) is 0.657. The molecule has 2 aliphatic rings. The van der Waals surface area contributed by atoms with Gasteiger partial charge in [0.1, 0.15) is 5.82 Å². The lowest BCUT2D eigenvalue weighted by molar-refractivity contribution is 0.0390. The zero-order valence-electron chi connectivity index (χ0n) is 15.7. The van der Waals surface area contributed by atoms with E-state index in [-0.39, 0.29) is 11.7 Å². The van der Waals surface area contributed by atoms with Crippen molar-refractivity contribution in [2.75, 3.05) is 11.9 Å². The Morgan fingerprint density at radius 2 is 1.67 bits per heavy atom. The Morgan fingerprint density at radius 1 is 0.963 bits per heavy atom. The number of amides is 1. The van der Waals surface area contributed by atoms with Crippen LogP contribution in [0.2, 0.25) is 0 Å². The van der Waals surface area contributed by atoms with Crippen LogP contribution in [-0.2, 0) is 6.54 Å². The first kappa shape index (κ1) is 18.0. The predicted octanol–water partition coefficient (Wildman–Crippen LogP) is 5.23. The van der Waals surface area contributed by atoms with Crippen LogP contribution < -0.4 is 5.32 Å². The first-order chi connectivity index (χ1) is 13.2. The number of nitrogens with one attached hydrogen (secondary N) is 1. The molecule has 0 spiro atoms. The highest BCUT2D eigenvalue weighted by Crippen LogP contribution is 2.36. The Kier molecular flexibility index (Phi) is 5.42. The molecule has 142 valence electrons. The van der Waals surface area contributed by atoms with Gasteiger partial charge < -0.3 is 10.2 Å². The van der Waals surface area contributed by atoms with Gasteiger partial charge in [0, 0.05) is 30.4 Å². The molecular weight excluding hydrogens is 339 g/mol. The molecule has 1 N–H and O–H groups in total. The summed E-state index contributed by atoms with van der Waals surface area (Å²) >= 11 is 0. The Bertz CT molecular complexity index is 770. The molecule has 1 aliphatic carbocycles. The molecule has 27 heavy (non-hydrogen) atoms. The third-order valence-electron chi connectivity index (χ3n) is 6.05. The largest absolute Gasteiger partial charge is 0.381 e. The molecule has 0 unspecified atom stereocenters. The summed E-state index contributed by atoms with van der Waals surface area (Å²) in [5.41, 5.74) is 2.76. The van der Waals surface area contributed by atoms with Crippen LogP contribution >= 0.6 is 0 Å². The fourth-order valence-corrected chi connectivity index (χ4v) is 4.58. The van der Waals surface area contributed by atoms with Crippen molar-refractivity contribution in [3.05, 3.63) is 65.5 Å². The van der Waals surface area contributed by atoms with Gasteiger partial charge in [-0.3, -0.25) is 4.79 Å². The van der Waals surface area contributed by atoms with E-state index in [1.165, 1.54) is 37.8 Å². The molecule has 2 aromatic carbocycles. The zero-order valence-corrected chi connectivity index (χ0v) is 15.7. The van der Waals surface area contributed by atoms with Gasteiger partial charge in [-0.25, -0.2) is 4.39 Å². The van der Waals surface area contributed by atoms with Crippen LogP contribution in [0.3, 0.4) is 0 Å². The zero-order chi connectivity index (χ0) is 18.6. The maximum Gasteiger partial charge on any atom is 0.254 e. The fourth-order valence-electron chi connectivity index (χ4n) is 4.58. The van der Waals surface area contributed by atoms with Gasteiger partial charge in [-0.05, 0) is 73.6 Å². The Hall–Kier alpha value is -2.36. The Balaban J connectivity index is 1.39.